The van der Waals surface area contributed by atoms with Gasteiger partial charge in [0.25, 0.3) is 5.91 Å². The number of aryl methyl sites for hydroxylation is 1. The van der Waals surface area contributed by atoms with Crippen molar-refractivity contribution in [3.05, 3.63) is 108 Å². The molecule has 1 aromatic heterocycles. The van der Waals surface area contributed by atoms with E-state index in [-0.39, 0.29) is 17.1 Å². The highest BCUT2D eigenvalue weighted by Gasteiger charge is 2.21. The first-order chi connectivity index (χ1) is 16.5. The molecule has 4 nitrogen and oxygen atoms in total. The molecule has 34 heavy (non-hydrogen) atoms. The fourth-order valence-corrected chi connectivity index (χ4v) is 5.03. The van der Waals surface area contributed by atoms with E-state index in [9.17, 15) is 9.59 Å². The van der Waals surface area contributed by atoms with Crippen LogP contribution in [0.5, 0.6) is 0 Å². The molecular formula is C29H24N2O2S. The van der Waals surface area contributed by atoms with Crippen LogP contribution in [0.1, 0.15) is 27.6 Å². The number of thioether (sulfide) groups is 1. The minimum Gasteiger partial charge on any atom is -0.322 e. The van der Waals surface area contributed by atoms with E-state index >= 15 is 0 Å². The van der Waals surface area contributed by atoms with Gasteiger partial charge in [-0.2, -0.15) is 0 Å². The molecule has 1 heterocycles. The maximum absolute atomic E-state index is 13.5. The normalized spacial score (nSPS) is 12.1. The molecular weight excluding hydrogens is 440 g/mol. The molecule has 5 heteroatoms. The largest absolute Gasteiger partial charge is 0.322 e. The van der Waals surface area contributed by atoms with Crippen LogP contribution in [0.25, 0.3) is 21.8 Å². The van der Waals surface area contributed by atoms with Gasteiger partial charge < -0.3 is 5.32 Å². The van der Waals surface area contributed by atoms with Crippen molar-refractivity contribution in [1.82, 2.24) is 4.57 Å². The lowest BCUT2D eigenvalue weighted by Crippen LogP contribution is -2.21. The Bertz CT molecular complexity index is 1450. The molecule has 0 saturated heterocycles. The number of carbonyl (C=O) groups is 2. The Morgan fingerprint density at radius 1 is 0.765 bits per heavy atom. The molecule has 1 N–H and O–H groups in total. The maximum atomic E-state index is 13.5. The van der Waals surface area contributed by atoms with Crippen molar-refractivity contribution < 1.29 is 9.59 Å². The van der Waals surface area contributed by atoms with Crippen molar-refractivity contribution in [2.24, 2.45) is 0 Å². The zero-order valence-corrected chi connectivity index (χ0v) is 19.8. The van der Waals surface area contributed by atoms with Crippen LogP contribution in [0.4, 0.5) is 5.69 Å². The highest BCUT2D eigenvalue weighted by Crippen LogP contribution is 2.32. The van der Waals surface area contributed by atoms with Gasteiger partial charge in [0.1, 0.15) is 0 Å². The number of hydrogen-bond donors (Lipinski definition) is 1. The fraction of sp³-hybridized carbons (Fsp3) is 0.103. The van der Waals surface area contributed by atoms with Crippen LogP contribution < -0.4 is 5.32 Å². The number of benzene rings is 4. The van der Waals surface area contributed by atoms with Crippen LogP contribution in [-0.4, -0.2) is 21.6 Å². The van der Waals surface area contributed by atoms with Gasteiger partial charge in [-0.1, -0.05) is 54.1 Å². The number of fused-ring (bicyclic) bond motifs is 3. The molecule has 1 unspecified atom stereocenters. The Morgan fingerprint density at radius 3 is 1.91 bits per heavy atom. The van der Waals surface area contributed by atoms with E-state index in [4.69, 9.17) is 0 Å². The first kappa shape index (κ1) is 22.0. The van der Waals surface area contributed by atoms with Gasteiger partial charge in [0.15, 0.2) is 0 Å². The van der Waals surface area contributed by atoms with E-state index in [2.05, 4.69) is 17.4 Å². The Morgan fingerprint density at radius 2 is 1.32 bits per heavy atom. The van der Waals surface area contributed by atoms with Crippen LogP contribution in [0, 0.1) is 6.92 Å². The molecule has 0 bridgehead atoms. The van der Waals surface area contributed by atoms with Crippen LogP contribution >= 0.6 is 11.8 Å². The van der Waals surface area contributed by atoms with Crippen LogP contribution in [0.15, 0.2) is 102 Å². The number of nitrogens with zero attached hydrogens (tertiary/aromatic N) is 1. The summed E-state index contributed by atoms with van der Waals surface area (Å²) >= 11 is 1.51. The Hall–Kier alpha value is -3.83. The number of carbonyl (C=O) groups excluding carboxylic acids is 2. The number of para-hydroxylation sites is 2. The molecule has 0 spiro atoms. The number of hydrogen-bond acceptors (Lipinski definition) is 3. The molecule has 5 aromatic rings. The Kier molecular flexibility index (Phi) is 5.95. The van der Waals surface area contributed by atoms with Crippen molar-refractivity contribution >= 4 is 51.1 Å². The third-order valence-electron chi connectivity index (χ3n) is 5.89. The van der Waals surface area contributed by atoms with Gasteiger partial charge in [0, 0.05) is 26.9 Å². The lowest BCUT2D eigenvalue weighted by atomic mass is 10.1. The van der Waals surface area contributed by atoms with Crippen molar-refractivity contribution in [2.75, 3.05) is 5.32 Å². The lowest BCUT2D eigenvalue weighted by molar-refractivity contribution is 0.0924. The van der Waals surface area contributed by atoms with E-state index in [0.29, 0.717) is 5.56 Å². The second-order valence-electron chi connectivity index (χ2n) is 8.31. The average molecular weight is 465 g/mol. The summed E-state index contributed by atoms with van der Waals surface area (Å²) in [6.07, 6.45) is 0. The van der Waals surface area contributed by atoms with Gasteiger partial charge in [-0.05, 0) is 62.4 Å². The molecule has 0 fully saturated rings. The number of anilines is 1. The number of rotatable bonds is 5. The number of amides is 1. The minimum atomic E-state index is -0.285. The molecule has 5 rings (SSSR count). The smallest absolute Gasteiger partial charge is 0.255 e. The molecule has 0 saturated carbocycles. The number of nitrogens with one attached hydrogen (secondary N) is 1. The molecule has 1 amide bonds. The van der Waals surface area contributed by atoms with Crippen LogP contribution in [0.2, 0.25) is 0 Å². The summed E-state index contributed by atoms with van der Waals surface area (Å²) in [7, 11) is 0. The monoisotopic (exact) mass is 464 g/mol. The van der Waals surface area contributed by atoms with Gasteiger partial charge in [-0.15, -0.1) is 11.8 Å². The van der Waals surface area contributed by atoms with Gasteiger partial charge >= 0.3 is 0 Å². The standard InChI is InChI=1S/C29H24N2O2S/c1-19-11-13-21(14-12-19)28(32)30-22-15-17-23(18-16-22)34-20(2)29(33)31-26-9-5-3-7-24(26)25-8-4-6-10-27(25)31/h3-18,20H,1-2H3,(H,30,32). The number of aromatic nitrogens is 1. The summed E-state index contributed by atoms with van der Waals surface area (Å²) in [6.45, 7) is 3.93. The summed E-state index contributed by atoms with van der Waals surface area (Å²) in [5.74, 6) is -0.102. The van der Waals surface area contributed by atoms with Crippen molar-refractivity contribution in [2.45, 2.75) is 24.0 Å². The predicted octanol–water partition coefficient (Wildman–Crippen LogP) is 7.18. The molecule has 0 radical (unpaired) electrons. The first-order valence-electron chi connectivity index (χ1n) is 11.2. The summed E-state index contributed by atoms with van der Waals surface area (Å²) in [5, 5.41) is 4.80. The van der Waals surface area contributed by atoms with Gasteiger partial charge in [-0.3, -0.25) is 14.2 Å². The quantitative estimate of drug-likeness (QED) is 0.280. The fourth-order valence-electron chi connectivity index (χ4n) is 4.12. The third kappa shape index (κ3) is 4.22. The molecule has 168 valence electrons. The summed E-state index contributed by atoms with van der Waals surface area (Å²) in [5.41, 5.74) is 4.30. The topological polar surface area (TPSA) is 51.1 Å². The first-order valence-corrected chi connectivity index (χ1v) is 12.1. The van der Waals surface area contributed by atoms with Crippen molar-refractivity contribution in [3.63, 3.8) is 0 Å². The van der Waals surface area contributed by atoms with Crippen LogP contribution in [0.3, 0.4) is 0 Å². The zero-order chi connectivity index (χ0) is 23.7. The van der Waals surface area contributed by atoms with Crippen molar-refractivity contribution in [3.8, 4) is 0 Å². The highest BCUT2D eigenvalue weighted by molar-refractivity contribution is 8.00. The molecule has 1 atom stereocenters. The summed E-state index contributed by atoms with van der Waals surface area (Å²) < 4.78 is 1.83. The van der Waals surface area contributed by atoms with Crippen LogP contribution in [-0.2, 0) is 0 Å². The molecule has 4 aromatic carbocycles. The Labute approximate surface area is 202 Å². The highest BCUT2D eigenvalue weighted by atomic mass is 32.2. The minimum absolute atomic E-state index is 0.0409. The van der Waals surface area contributed by atoms with Gasteiger partial charge in [0.05, 0.1) is 16.3 Å². The average Bonchev–Trinajstić information content (AvgIpc) is 3.19. The van der Waals surface area contributed by atoms with E-state index in [1.807, 2.05) is 103 Å². The second kappa shape index (κ2) is 9.20. The van der Waals surface area contributed by atoms with E-state index < -0.39 is 0 Å². The lowest BCUT2D eigenvalue weighted by Gasteiger charge is -2.14. The van der Waals surface area contributed by atoms with E-state index in [1.54, 1.807) is 0 Å². The third-order valence-corrected chi connectivity index (χ3v) is 6.99. The molecule has 0 aliphatic rings. The van der Waals surface area contributed by atoms with E-state index in [0.717, 1.165) is 38.0 Å². The molecule has 0 aliphatic heterocycles. The van der Waals surface area contributed by atoms with E-state index in [1.165, 1.54) is 11.8 Å². The van der Waals surface area contributed by atoms with Gasteiger partial charge in [-0.25, -0.2) is 0 Å². The zero-order valence-electron chi connectivity index (χ0n) is 19.0. The second-order valence-corrected chi connectivity index (χ2v) is 9.73. The Balaban J connectivity index is 1.33. The van der Waals surface area contributed by atoms with Gasteiger partial charge in [0.2, 0.25) is 5.91 Å². The predicted molar refractivity (Wildman–Crippen MR) is 141 cm³/mol. The maximum Gasteiger partial charge on any atom is 0.255 e. The summed E-state index contributed by atoms with van der Waals surface area (Å²) in [6, 6.07) is 31.1. The SMILES string of the molecule is Cc1ccc(C(=O)Nc2ccc(SC(C)C(=O)n3c4ccccc4c4ccccc43)cc2)cc1. The summed E-state index contributed by atoms with van der Waals surface area (Å²) in [4.78, 5) is 26.9. The molecule has 0 aliphatic carbocycles. The van der Waals surface area contributed by atoms with Crippen molar-refractivity contribution in [1.29, 1.82) is 0 Å².